The van der Waals surface area contributed by atoms with Gasteiger partial charge in [0.1, 0.15) is 11.6 Å². The maximum absolute atomic E-state index is 5.84. The number of nitrogens with two attached hydrogens (primary N) is 1. The Balaban J connectivity index is 2.31. The quantitative estimate of drug-likeness (QED) is 0.857. The van der Waals surface area contributed by atoms with Gasteiger partial charge in [-0.2, -0.15) is 5.10 Å². The van der Waals surface area contributed by atoms with Crippen molar-refractivity contribution in [1.82, 2.24) is 9.78 Å². The van der Waals surface area contributed by atoms with Gasteiger partial charge in [0.25, 0.3) is 0 Å². The molecule has 1 aromatic carbocycles. The fourth-order valence-corrected chi connectivity index (χ4v) is 1.58. The zero-order valence-electron chi connectivity index (χ0n) is 9.47. The molecule has 0 atom stereocenters. The fourth-order valence-electron chi connectivity index (χ4n) is 1.58. The van der Waals surface area contributed by atoms with Crippen LogP contribution < -0.4 is 10.5 Å². The Morgan fingerprint density at radius 1 is 1.31 bits per heavy atom. The van der Waals surface area contributed by atoms with Gasteiger partial charge in [-0.1, -0.05) is 0 Å². The lowest BCUT2D eigenvalue weighted by atomic mass is 10.3. The number of hydrogen-bond donors (Lipinski definition) is 1. The lowest BCUT2D eigenvalue weighted by Crippen LogP contribution is -2.01. The van der Waals surface area contributed by atoms with Crippen LogP contribution in [-0.4, -0.2) is 16.4 Å². The molecule has 0 aliphatic carbocycles. The van der Waals surface area contributed by atoms with Gasteiger partial charge in [-0.15, -0.1) is 0 Å². The molecule has 4 nitrogen and oxygen atoms in total. The summed E-state index contributed by atoms with van der Waals surface area (Å²) in [4.78, 5) is 0. The summed E-state index contributed by atoms with van der Waals surface area (Å²) in [5.41, 5.74) is 7.69. The van der Waals surface area contributed by atoms with Crippen molar-refractivity contribution in [2.24, 2.45) is 0 Å². The Bertz CT molecular complexity index is 474. The number of hydrogen-bond acceptors (Lipinski definition) is 3. The zero-order chi connectivity index (χ0) is 11.5. The molecule has 84 valence electrons. The number of nitrogen functional groups attached to an aromatic ring is 1. The molecule has 1 heterocycles. The molecule has 0 fully saturated rings. The van der Waals surface area contributed by atoms with Crippen LogP contribution in [0.15, 0.2) is 30.3 Å². The molecule has 0 saturated carbocycles. The number of anilines is 1. The first-order valence-corrected chi connectivity index (χ1v) is 5.26. The summed E-state index contributed by atoms with van der Waals surface area (Å²) in [6.07, 6.45) is 0. The predicted octanol–water partition coefficient (Wildman–Crippen LogP) is 2.16. The number of aryl methyl sites for hydroxylation is 1. The van der Waals surface area contributed by atoms with Gasteiger partial charge in [0.2, 0.25) is 0 Å². The third-order valence-corrected chi connectivity index (χ3v) is 2.25. The molecule has 0 bridgehead atoms. The highest BCUT2D eigenvalue weighted by molar-refractivity contribution is 5.44. The first kappa shape index (κ1) is 10.5. The molecular weight excluding hydrogens is 202 g/mol. The van der Waals surface area contributed by atoms with Gasteiger partial charge in [-0.05, 0) is 38.1 Å². The predicted molar refractivity (Wildman–Crippen MR) is 63.9 cm³/mol. The van der Waals surface area contributed by atoms with Gasteiger partial charge in [-0.25, -0.2) is 4.68 Å². The van der Waals surface area contributed by atoms with Gasteiger partial charge in [-0.3, -0.25) is 0 Å². The van der Waals surface area contributed by atoms with E-state index in [-0.39, 0.29) is 0 Å². The molecule has 4 heteroatoms. The van der Waals surface area contributed by atoms with E-state index in [1.807, 2.05) is 44.2 Å². The zero-order valence-corrected chi connectivity index (χ0v) is 9.47. The van der Waals surface area contributed by atoms with E-state index >= 15 is 0 Å². The lowest BCUT2D eigenvalue weighted by molar-refractivity contribution is 0.340. The van der Waals surface area contributed by atoms with Gasteiger partial charge >= 0.3 is 0 Å². The average molecular weight is 217 g/mol. The molecule has 0 unspecified atom stereocenters. The van der Waals surface area contributed by atoms with Crippen LogP contribution in [-0.2, 0) is 0 Å². The highest BCUT2D eigenvalue weighted by Gasteiger charge is 2.03. The van der Waals surface area contributed by atoms with Crippen LogP contribution in [0, 0.1) is 6.92 Å². The van der Waals surface area contributed by atoms with Gasteiger partial charge < -0.3 is 10.5 Å². The minimum absolute atomic E-state index is 0.640. The second kappa shape index (κ2) is 4.26. The molecule has 2 aromatic rings. The monoisotopic (exact) mass is 217 g/mol. The Kier molecular flexibility index (Phi) is 2.81. The molecule has 2 rings (SSSR count). The third-order valence-electron chi connectivity index (χ3n) is 2.25. The fraction of sp³-hybridized carbons (Fsp3) is 0.250. The van der Waals surface area contributed by atoms with E-state index in [1.165, 1.54) is 0 Å². The van der Waals surface area contributed by atoms with Crippen molar-refractivity contribution in [3.63, 3.8) is 0 Å². The minimum atomic E-state index is 0.640. The first-order chi connectivity index (χ1) is 7.70. The maximum atomic E-state index is 5.84. The van der Waals surface area contributed by atoms with E-state index in [1.54, 1.807) is 4.68 Å². The van der Waals surface area contributed by atoms with Crippen molar-refractivity contribution in [3.05, 3.63) is 36.0 Å². The summed E-state index contributed by atoms with van der Waals surface area (Å²) in [5, 5.41) is 4.31. The number of benzene rings is 1. The van der Waals surface area contributed by atoms with Crippen molar-refractivity contribution in [2.75, 3.05) is 12.3 Å². The summed E-state index contributed by atoms with van der Waals surface area (Å²) < 4.78 is 7.08. The Labute approximate surface area is 94.6 Å². The number of ether oxygens (including phenoxy) is 1. The molecule has 0 aliphatic rings. The van der Waals surface area contributed by atoms with E-state index in [4.69, 9.17) is 10.5 Å². The summed E-state index contributed by atoms with van der Waals surface area (Å²) in [6.45, 7) is 4.55. The van der Waals surface area contributed by atoms with Gasteiger partial charge in [0, 0.05) is 6.07 Å². The first-order valence-electron chi connectivity index (χ1n) is 5.26. The Morgan fingerprint density at radius 3 is 2.50 bits per heavy atom. The maximum Gasteiger partial charge on any atom is 0.127 e. The summed E-state index contributed by atoms with van der Waals surface area (Å²) in [5.74, 6) is 1.50. The van der Waals surface area contributed by atoms with E-state index in [9.17, 15) is 0 Å². The van der Waals surface area contributed by atoms with Crippen LogP contribution in [0.1, 0.15) is 12.6 Å². The molecule has 0 amide bonds. The van der Waals surface area contributed by atoms with Crippen LogP contribution in [0.4, 0.5) is 5.82 Å². The SMILES string of the molecule is CCOc1ccc(-n2nc(C)cc2N)cc1. The van der Waals surface area contributed by atoms with Crippen LogP contribution in [0.2, 0.25) is 0 Å². The van der Waals surface area contributed by atoms with Crippen molar-refractivity contribution in [1.29, 1.82) is 0 Å². The molecule has 16 heavy (non-hydrogen) atoms. The minimum Gasteiger partial charge on any atom is -0.494 e. The average Bonchev–Trinajstić information content (AvgIpc) is 2.59. The second-order valence-electron chi connectivity index (χ2n) is 3.55. The molecule has 0 spiro atoms. The van der Waals surface area contributed by atoms with E-state index in [2.05, 4.69) is 5.10 Å². The Hall–Kier alpha value is -1.97. The second-order valence-corrected chi connectivity index (χ2v) is 3.55. The van der Waals surface area contributed by atoms with E-state index < -0.39 is 0 Å². The Morgan fingerprint density at radius 2 is 2.00 bits per heavy atom. The lowest BCUT2D eigenvalue weighted by Gasteiger charge is -2.06. The number of rotatable bonds is 3. The molecule has 0 radical (unpaired) electrons. The normalized spacial score (nSPS) is 10.4. The number of nitrogens with zero attached hydrogens (tertiary/aromatic N) is 2. The van der Waals surface area contributed by atoms with Gasteiger partial charge in [0.15, 0.2) is 0 Å². The van der Waals surface area contributed by atoms with Crippen molar-refractivity contribution in [3.8, 4) is 11.4 Å². The van der Waals surface area contributed by atoms with Gasteiger partial charge in [0.05, 0.1) is 18.0 Å². The molecule has 0 saturated heterocycles. The smallest absolute Gasteiger partial charge is 0.127 e. The highest BCUT2D eigenvalue weighted by Crippen LogP contribution is 2.18. The molecule has 0 aliphatic heterocycles. The summed E-state index contributed by atoms with van der Waals surface area (Å²) in [7, 11) is 0. The third kappa shape index (κ3) is 2.00. The van der Waals surface area contributed by atoms with E-state index in [0.29, 0.717) is 12.4 Å². The standard InChI is InChI=1S/C12H15N3O/c1-3-16-11-6-4-10(5-7-11)15-12(13)8-9(2)14-15/h4-8H,3,13H2,1-2H3. The molecule has 2 N–H and O–H groups in total. The van der Waals surface area contributed by atoms with Crippen LogP contribution in [0.3, 0.4) is 0 Å². The highest BCUT2D eigenvalue weighted by atomic mass is 16.5. The molecular formula is C12H15N3O. The summed E-state index contributed by atoms with van der Waals surface area (Å²) in [6, 6.07) is 9.54. The number of aromatic nitrogens is 2. The summed E-state index contributed by atoms with van der Waals surface area (Å²) >= 11 is 0. The van der Waals surface area contributed by atoms with Crippen molar-refractivity contribution >= 4 is 5.82 Å². The van der Waals surface area contributed by atoms with Crippen LogP contribution >= 0.6 is 0 Å². The van der Waals surface area contributed by atoms with E-state index in [0.717, 1.165) is 17.1 Å². The molecule has 1 aromatic heterocycles. The van der Waals surface area contributed by atoms with Crippen molar-refractivity contribution < 1.29 is 4.74 Å². The largest absolute Gasteiger partial charge is 0.494 e. The topological polar surface area (TPSA) is 53.1 Å². The van der Waals surface area contributed by atoms with Crippen molar-refractivity contribution in [2.45, 2.75) is 13.8 Å². The van der Waals surface area contributed by atoms with Crippen LogP contribution in [0.5, 0.6) is 5.75 Å². The van der Waals surface area contributed by atoms with Crippen LogP contribution in [0.25, 0.3) is 5.69 Å².